The number of fused-ring (bicyclic) bond motifs is 2. The lowest BCUT2D eigenvalue weighted by atomic mass is 9.95. The number of ketones is 1. The highest BCUT2D eigenvalue weighted by atomic mass is 32.1. The van der Waals surface area contributed by atoms with Gasteiger partial charge in [0.1, 0.15) is 0 Å². The third kappa shape index (κ3) is 3.18. The second kappa shape index (κ2) is 7.38. The minimum Gasteiger partial charge on any atom is -0.295 e. The van der Waals surface area contributed by atoms with Gasteiger partial charge < -0.3 is 0 Å². The number of hydrogen-bond donors (Lipinski definition) is 0. The zero-order chi connectivity index (χ0) is 20.9. The fraction of sp³-hybridized carbons (Fsp3) is 0.375. The molecule has 0 saturated heterocycles. The number of aryl methyl sites for hydroxylation is 3. The van der Waals surface area contributed by atoms with Crippen molar-refractivity contribution in [3.8, 4) is 11.3 Å². The lowest BCUT2D eigenvalue weighted by Crippen LogP contribution is -2.05. The maximum Gasteiger partial charge on any atom is 0.159 e. The first kappa shape index (κ1) is 19.8. The van der Waals surface area contributed by atoms with E-state index in [4.69, 9.17) is 10.1 Å². The molecule has 0 unspecified atom stereocenters. The van der Waals surface area contributed by atoms with Gasteiger partial charge in [-0.3, -0.25) is 4.79 Å². The summed E-state index contributed by atoms with van der Waals surface area (Å²) < 4.78 is 3.18. The maximum absolute atomic E-state index is 11.8. The van der Waals surface area contributed by atoms with Crippen LogP contribution in [0.4, 0.5) is 0 Å². The number of nitrogens with zero attached hydrogens (tertiary/aromatic N) is 3. The molecule has 0 aliphatic heterocycles. The summed E-state index contributed by atoms with van der Waals surface area (Å²) in [5, 5.41) is 6.02. The lowest BCUT2D eigenvalue weighted by molar-refractivity contribution is 0.101. The first-order valence-electron chi connectivity index (χ1n) is 10.3. The molecule has 0 radical (unpaired) electrons. The molecule has 5 heteroatoms. The molecule has 1 aromatic carbocycles. The third-order valence-corrected chi connectivity index (χ3v) is 6.91. The number of carbonyl (C=O) groups excluding carboxylic acids is 1. The van der Waals surface area contributed by atoms with Crippen molar-refractivity contribution in [3.05, 3.63) is 51.7 Å². The first-order valence-corrected chi connectivity index (χ1v) is 11.1. The highest BCUT2D eigenvalue weighted by Crippen LogP contribution is 2.41. The Morgan fingerprint density at radius 3 is 2.52 bits per heavy atom. The van der Waals surface area contributed by atoms with Crippen LogP contribution in [-0.2, 0) is 0 Å². The highest BCUT2D eigenvalue weighted by molar-refractivity contribution is 7.19. The van der Waals surface area contributed by atoms with Gasteiger partial charge in [0.15, 0.2) is 11.4 Å². The summed E-state index contributed by atoms with van der Waals surface area (Å²) >= 11 is 1.73. The molecule has 0 N–H and O–H groups in total. The Morgan fingerprint density at radius 2 is 1.86 bits per heavy atom. The van der Waals surface area contributed by atoms with E-state index in [-0.39, 0.29) is 5.78 Å². The zero-order valence-corrected chi connectivity index (χ0v) is 18.8. The number of aromatic nitrogens is 3. The van der Waals surface area contributed by atoms with Crippen LogP contribution in [0.1, 0.15) is 71.7 Å². The summed E-state index contributed by atoms with van der Waals surface area (Å²) in [6, 6.07) is 8.20. The zero-order valence-electron chi connectivity index (χ0n) is 18.0. The summed E-state index contributed by atoms with van der Waals surface area (Å²) in [4.78, 5) is 18.0. The van der Waals surface area contributed by atoms with Gasteiger partial charge >= 0.3 is 0 Å². The number of benzene rings is 1. The second-order valence-corrected chi connectivity index (χ2v) is 9.09. The summed E-state index contributed by atoms with van der Waals surface area (Å²) in [6.45, 7) is 12.4. The summed E-state index contributed by atoms with van der Waals surface area (Å²) in [7, 11) is 0. The Kier molecular flexibility index (Phi) is 5.03. The van der Waals surface area contributed by atoms with E-state index < -0.39 is 0 Å². The fourth-order valence-corrected chi connectivity index (χ4v) is 5.43. The molecular formula is C24H27N3OS. The van der Waals surface area contributed by atoms with Gasteiger partial charge in [-0.05, 0) is 58.6 Å². The minimum absolute atomic E-state index is 0.0950. The molecule has 150 valence electrons. The fourth-order valence-electron chi connectivity index (χ4n) is 4.33. The van der Waals surface area contributed by atoms with E-state index in [0.29, 0.717) is 5.92 Å². The van der Waals surface area contributed by atoms with Gasteiger partial charge in [-0.2, -0.15) is 5.10 Å². The predicted molar refractivity (Wildman–Crippen MR) is 121 cm³/mol. The molecule has 0 fully saturated rings. The van der Waals surface area contributed by atoms with Crippen LogP contribution in [0.25, 0.3) is 27.0 Å². The molecule has 0 amide bonds. The molecule has 0 saturated carbocycles. The molecule has 4 aromatic rings. The predicted octanol–water partition coefficient (Wildman–Crippen LogP) is 6.64. The number of carbonyl (C=O) groups is 1. The van der Waals surface area contributed by atoms with E-state index in [1.807, 2.05) is 16.6 Å². The number of hydrogen-bond acceptors (Lipinski definition) is 4. The SMILES string of the molecule is CCC(CC)c1cc(C)nn2c(-c3c(C)sc4cc(C(C)=O)ccc34)c(C)nc12. The molecule has 29 heavy (non-hydrogen) atoms. The number of thiophene rings is 1. The largest absolute Gasteiger partial charge is 0.295 e. The van der Waals surface area contributed by atoms with Gasteiger partial charge in [0.2, 0.25) is 0 Å². The van der Waals surface area contributed by atoms with Gasteiger partial charge in [0, 0.05) is 31.7 Å². The number of rotatable bonds is 5. The quantitative estimate of drug-likeness (QED) is 0.350. The smallest absolute Gasteiger partial charge is 0.159 e. The molecular weight excluding hydrogens is 378 g/mol. The molecule has 0 aliphatic carbocycles. The van der Waals surface area contributed by atoms with E-state index >= 15 is 0 Å². The molecule has 3 aromatic heterocycles. The molecule has 3 heterocycles. The second-order valence-electron chi connectivity index (χ2n) is 7.84. The highest BCUT2D eigenvalue weighted by Gasteiger charge is 2.23. The van der Waals surface area contributed by atoms with Crippen LogP contribution >= 0.6 is 11.3 Å². The standard InChI is InChI=1S/C24H27N3OS/c1-7-17(8-2)20-11-13(3)26-27-23(14(4)25-24(20)27)22-16(6)29-21-12-18(15(5)28)9-10-19(21)22/h9-12,17H,7-8H2,1-6H3. The Labute approximate surface area is 175 Å². The first-order chi connectivity index (χ1) is 13.8. The van der Waals surface area contributed by atoms with Gasteiger partial charge in [-0.25, -0.2) is 9.50 Å². The Morgan fingerprint density at radius 1 is 1.14 bits per heavy atom. The van der Waals surface area contributed by atoms with Crippen LogP contribution in [0.15, 0.2) is 24.3 Å². The monoisotopic (exact) mass is 405 g/mol. The third-order valence-electron chi connectivity index (χ3n) is 5.84. The number of Topliss-reactive ketones (excluding diaryl/α,β-unsaturated/α-hetero) is 1. The minimum atomic E-state index is 0.0950. The molecule has 0 atom stereocenters. The van der Waals surface area contributed by atoms with E-state index in [0.717, 1.165) is 51.2 Å². The Hall–Kier alpha value is -2.53. The normalized spacial score (nSPS) is 11.8. The molecule has 4 rings (SSSR count). The van der Waals surface area contributed by atoms with E-state index in [1.54, 1.807) is 18.3 Å². The lowest BCUT2D eigenvalue weighted by Gasteiger charge is -2.15. The van der Waals surface area contributed by atoms with Crippen molar-refractivity contribution < 1.29 is 4.79 Å². The van der Waals surface area contributed by atoms with Crippen LogP contribution in [0, 0.1) is 20.8 Å². The van der Waals surface area contributed by atoms with Crippen molar-refractivity contribution in [2.45, 2.75) is 60.3 Å². The van der Waals surface area contributed by atoms with E-state index in [9.17, 15) is 4.79 Å². The molecule has 4 nitrogen and oxygen atoms in total. The van der Waals surface area contributed by atoms with Crippen LogP contribution in [0.2, 0.25) is 0 Å². The maximum atomic E-state index is 11.8. The Bertz CT molecular complexity index is 1240. The van der Waals surface area contributed by atoms with Crippen LogP contribution < -0.4 is 0 Å². The summed E-state index contributed by atoms with van der Waals surface area (Å²) in [6.07, 6.45) is 2.18. The van der Waals surface area contributed by atoms with Crippen LogP contribution in [0.3, 0.4) is 0 Å². The van der Waals surface area contributed by atoms with Gasteiger partial charge in [-0.15, -0.1) is 11.3 Å². The summed E-state index contributed by atoms with van der Waals surface area (Å²) in [5.41, 5.74) is 7.26. The van der Waals surface area contributed by atoms with Crippen molar-refractivity contribution in [2.24, 2.45) is 0 Å². The molecule has 0 spiro atoms. The topological polar surface area (TPSA) is 47.3 Å². The molecule has 0 bridgehead atoms. The van der Waals surface area contributed by atoms with Gasteiger partial charge in [-0.1, -0.05) is 26.0 Å². The average molecular weight is 406 g/mol. The van der Waals surface area contributed by atoms with Crippen LogP contribution in [-0.4, -0.2) is 20.4 Å². The average Bonchev–Trinajstić information content (AvgIpc) is 3.17. The summed E-state index contributed by atoms with van der Waals surface area (Å²) in [5.74, 6) is 0.574. The van der Waals surface area contributed by atoms with Crippen molar-refractivity contribution in [3.63, 3.8) is 0 Å². The number of imidazole rings is 1. The van der Waals surface area contributed by atoms with Gasteiger partial charge in [0.25, 0.3) is 0 Å². The molecule has 0 aliphatic rings. The van der Waals surface area contributed by atoms with Crippen molar-refractivity contribution in [1.82, 2.24) is 14.6 Å². The Balaban J connectivity index is 2.03. The van der Waals surface area contributed by atoms with Crippen LogP contribution in [0.5, 0.6) is 0 Å². The van der Waals surface area contributed by atoms with Crippen molar-refractivity contribution >= 4 is 32.9 Å². The van der Waals surface area contributed by atoms with E-state index in [1.165, 1.54) is 16.0 Å². The van der Waals surface area contributed by atoms with E-state index in [2.05, 4.69) is 46.8 Å². The van der Waals surface area contributed by atoms with Crippen molar-refractivity contribution in [1.29, 1.82) is 0 Å². The van der Waals surface area contributed by atoms with Gasteiger partial charge in [0.05, 0.1) is 17.1 Å². The van der Waals surface area contributed by atoms with Crippen molar-refractivity contribution in [2.75, 3.05) is 0 Å².